The van der Waals surface area contributed by atoms with Crippen LogP contribution in [-0.2, 0) is 0 Å². The number of nitrogens with one attached hydrogen (secondary N) is 2. The van der Waals surface area contributed by atoms with Gasteiger partial charge >= 0.3 is 0 Å². The van der Waals surface area contributed by atoms with Crippen LogP contribution in [0.15, 0.2) is 71.6 Å². The van der Waals surface area contributed by atoms with Crippen LogP contribution in [-0.4, -0.2) is 44.2 Å². The lowest BCUT2D eigenvalue weighted by Crippen LogP contribution is -2.28. The van der Waals surface area contributed by atoms with Crippen molar-refractivity contribution in [3.8, 4) is 11.5 Å². The van der Waals surface area contributed by atoms with Crippen molar-refractivity contribution in [3.05, 3.63) is 83.9 Å². The number of pyridine rings is 1. The summed E-state index contributed by atoms with van der Waals surface area (Å²) in [6.07, 6.45) is 6.43. The Morgan fingerprint density at radius 1 is 1.08 bits per heavy atom. The minimum absolute atomic E-state index is 0.100. The Hall–Kier alpha value is -4.24. The van der Waals surface area contributed by atoms with Gasteiger partial charge in [-0.25, -0.2) is 4.98 Å². The number of hydrogen-bond donors (Lipinski definition) is 3. The number of amides is 1. The van der Waals surface area contributed by atoms with E-state index in [-0.39, 0.29) is 24.6 Å². The van der Waals surface area contributed by atoms with Gasteiger partial charge in [0.25, 0.3) is 11.8 Å². The van der Waals surface area contributed by atoms with E-state index < -0.39 is 0 Å². The second kappa shape index (κ2) is 9.25. The van der Waals surface area contributed by atoms with E-state index in [1.54, 1.807) is 6.20 Å². The Morgan fingerprint density at radius 2 is 1.97 bits per heavy atom. The molecular formula is C29H28N6O3. The van der Waals surface area contributed by atoms with Crippen molar-refractivity contribution >= 4 is 23.1 Å². The van der Waals surface area contributed by atoms with Crippen LogP contribution in [0.2, 0.25) is 0 Å². The highest BCUT2D eigenvalue weighted by atomic mass is 16.4. The van der Waals surface area contributed by atoms with Gasteiger partial charge in [-0.1, -0.05) is 30.3 Å². The van der Waals surface area contributed by atoms with Crippen LogP contribution in [0, 0.1) is 11.8 Å². The molecule has 2 fully saturated rings. The maximum absolute atomic E-state index is 13.1. The Kier molecular flexibility index (Phi) is 5.58. The standard InChI is InChI=1S/C29H28N6O3/c36-15-25(17-4-2-1-3-5-17)33-24-13-27(30-14-23(24)28-34-31-16-38-28)32-20-6-7-21-22(12-20)26-11-19-10-18(19)8-9-35(26)29(21)37/h1-7,12-14,16,18-19,25-26,36H,8-11,15H2,(H2,30,32,33)/t18?,19?,25-,26?/m1/s1. The van der Waals surface area contributed by atoms with Crippen molar-refractivity contribution in [2.75, 3.05) is 23.8 Å². The maximum Gasteiger partial charge on any atom is 0.254 e. The molecule has 38 heavy (non-hydrogen) atoms. The fourth-order valence-electron chi connectivity index (χ4n) is 5.99. The predicted octanol–water partition coefficient (Wildman–Crippen LogP) is 4.95. The Bertz CT molecular complexity index is 1480. The Balaban J connectivity index is 1.19. The van der Waals surface area contributed by atoms with Gasteiger partial charge in [-0.2, -0.15) is 0 Å². The van der Waals surface area contributed by atoms with Crippen LogP contribution in [0.1, 0.15) is 52.8 Å². The van der Waals surface area contributed by atoms with Gasteiger partial charge in [-0.05, 0) is 60.4 Å². The number of aliphatic hydroxyl groups excluding tert-OH is 1. The number of benzene rings is 2. The fraction of sp³-hybridized carbons (Fsp3) is 0.310. The van der Waals surface area contributed by atoms with E-state index in [0.717, 1.165) is 53.6 Å². The molecule has 3 aliphatic rings. The minimum atomic E-state index is -0.341. The van der Waals surface area contributed by atoms with E-state index in [1.807, 2.05) is 48.5 Å². The van der Waals surface area contributed by atoms with Crippen LogP contribution < -0.4 is 10.6 Å². The first-order valence-electron chi connectivity index (χ1n) is 13.1. The SMILES string of the molecule is O=C1c2ccc(Nc3cc(N[C@H](CO)c4ccccc4)c(-c4nnco4)cn3)cc2C2CC3CC3CCN12. The van der Waals surface area contributed by atoms with Crippen LogP contribution in [0.4, 0.5) is 17.2 Å². The third kappa shape index (κ3) is 4.09. The second-order valence-corrected chi connectivity index (χ2v) is 10.4. The molecule has 4 atom stereocenters. The van der Waals surface area contributed by atoms with Crippen LogP contribution in [0.25, 0.3) is 11.5 Å². The summed E-state index contributed by atoms with van der Waals surface area (Å²) in [5.74, 6) is 2.65. The molecule has 4 aromatic rings. The lowest BCUT2D eigenvalue weighted by Gasteiger charge is -2.23. The van der Waals surface area contributed by atoms with Gasteiger partial charge in [0, 0.05) is 30.1 Å². The van der Waals surface area contributed by atoms with E-state index >= 15 is 0 Å². The number of nitrogens with zero attached hydrogens (tertiary/aromatic N) is 4. The average Bonchev–Trinajstić information content (AvgIpc) is 3.41. The molecule has 0 bridgehead atoms. The summed E-state index contributed by atoms with van der Waals surface area (Å²) in [6, 6.07) is 17.4. The van der Waals surface area contributed by atoms with Gasteiger partial charge in [0.2, 0.25) is 6.39 Å². The smallest absolute Gasteiger partial charge is 0.254 e. The number of aliphatic hydroxyl groups is 1. The second-order valence-electron chi connectivity index (χ2n) is 10.4. The molecule has 3 unspecified atom stereocenters. The van der Waals surface area contributed by atoms with Crippen LogP contribution in [0.3, 0.4) is 0 Å². The number of fused-ring (bicyclic) bond motifs is 4. The van der Waals surface area contributed by atoms with Crippen molar-refractivity contribution in [1.29, 1.82) is 0 Å². The molecule has 9 heteroatoms. The molecule has 1 aliphatic carbocycles. The Morgan fingerprint density at radius 3 is 2.79 bits per heavy atom. The number of aromatic nitrogens is 3. The van der Waals surface area contributed by atoms with Crippen molar-refractivity contribution in [2.45, 2.75) is 31.3 Å². The van der Waals surface area contributed by atoms with E-state index in [0.29, 0.717) is 23.0 Å². The molecule has 0 spiro atoms. The molecule has 1 saturated heterocycles. The lowest BCUT2D eigenvalue weighted by molar-refractivity contribution is 0.0723. The monoisotopic (exact) mass is 508 g/mol. The highest BCUT2D eigenvalue weighted by molar-refractivity contribution is 5.99. The number of hydrogen-bond acceptors (Lipinski definition) is 8. The maximum atomic E-state index is 13.1. The highest BCUT2D eigenvalue weighted by Gasteiger charge is 2.47. The topological polar surface area (TPSA) is 116 Å². The zero-order chi connectivity index (χ0) is 25.6. The largest absolute Gasteiger partial charge is 0.423 e. The quantitative estimate of drug-likeness (QED) is 0.321. The number of carbonyl (C=O) groups is 1. The van der Waals surface area contributed by atoms with Crippen molar-refractivity contribution in [2.24, 2.45) is 11.8 Å². The molecule has 1 saturated carbocycles. The molecule has 9 nitrogen and oxygen atoms in total. The normalized spacial score (nSPS) is 22.2. The summed E-state index contributed by atoms with van der Waals surface area (Å²) in [7, 11) is 0. The molecule has 2 aromatic carbocycles. The zero-order valence-electron chi connectivity index (χ0n) is 20.7. The van der Waals surface area contributed by atoms with E-state index in [1.165, 1.54) is 12.8 Å². The molecule has 2 aromatic heterocycles. The molecular weight excluding hydrogens is 480 g/mol. The van der Waals surface area contributed by atoms with Crippen molar-refractivity contribution in [1.82, 2.24) is 20.1 Å². The third-order valence-corrected chi connectivity index (χ3v) is 8.09. The summed E-state index contributed by atoms with van der Waals surface area (Å²) in [6.45, 7) is 0.750. The van der Waals surface area contributed by atoms with Gasteiger partial charge in [0.05, 0.1) is 29.9 Å². The molecule has 7 rings (SSSR count). The molecule has 2 aliphatic heterocycles. The summed E-state index contributed by atoms with van der Waals surface area (Å²) in [5.41, 5.74) is 5.08. The Labute approximate surface area is 219 Å². The molecule has 4 heterocycles. The summed E-state index contributed by atoms with van der Waals surface area (Å²) >= 11 is 0. The highest BCUT2D eigenvalue weighted by Crippen LogP contribution is 2.53. The zero-order valence-corrected chi connectivity index (χ0v) is 20.7. The van der Waals surface area contributed by atoms with Crippen LogP contribution in [0.5, 0.6) is 0 Å². The lowest BCUT2D eigenvalue weighted by atomic mass is 9.99. The molecule has 0 radical (unpaired) electrons. The summed E-state index contributed by atoms with van der Waals surface area (Å²) in [4.78, 5) is 19.7. The van der Waals surface area contributed by atoms with Gasteiger partial charge in [0.15, 0.2) is 0 Å². The van der Waals surface area contributed by atoms with E-state index in [4.69, 9.17) is 4.42 Å². The molecule has 3 N–H and O–H groups in total. The first kappa shape index (κ1) is 22.9. The molecule has 1 amide bonds. The third-order valence-electron chi connectivity index (χ3n) is 8.09. The van der Waals surface area contributed by atoms with Gasteiger partial charge in [-0.3, -0.25) is 4.79 Å². The van der Waals surface area contributed by atoms with Crippen molar-refractivity contribution in [3.63, 3.8) is 0 Å². The van der Waals surface area contributed by atoms with Crippen molar-refractivity contribution < 1.29 is 14.3 Å². The van der Waals surface area contributed by atoms with Crippen LogP contribution >= 0.6 is 0 Å². The van der Waals surface area contributed by atoms with E-state index in [9.17, 15) is 9.90 Å². The van der Waals surface area contributed by atoms with Gasteiger partial charge in [-0.15, -0.1) is 10.2 Å². The number of carbonyl (C=O) groups excluding carboxylic acids is 1. The number of rotatable bonds is 7. The van der Waals surface area contributed by atoms with Gasteiger partial charge in [0.1, 0.15) is 5.82 Å². The predicted molar refractivity (Wildman–Crippen MR) is 142 cm³/mol. The van der Waals surface area contributed by atoms with Gasteiger partial charge < -0.3 is 25.1 Å². The number of anilines is 3. The summed E-state index contributed by atoms with van der Waals surface area (Å²) in [5, 5.41) is 24.8. The minimum Gasteiger partial charge on any atom is -0.423 e. The first-order valence-corrected chi connectivity index (χ1v) is 13.1. The fourth-order valence-corrected chi connectivity index (χ4v) is 5.99. The summed E-state index contributed by atoms with van der Waals surface area (Å²) < 4.78 is 5.45. The first-order chi connectivity index (χ1) is 18.7. The molecule has 192 valence electrons. The average molecular weight is 509 g/mol. The van der Waals surface area contributed by atoms with E-state index in [2.05, 4.69) is 36.8 Å².